The Morgan fingerprint density at radius 1 is 1.26 bits per heavy atom. The summed E-state index contributed by atoms with van der Waals surface area (Å²) in [4.78, 5) is 23.8. The Hall–Kier alpha value is -0.400. The highest BCUT2D eigenvalue weighted by atomic mass is 32.1. The molecular formula is C12H25N3O2S2. The van der Waals surface area contributed by atoms with Crippen LogP contribution in [-0.4, -0.2) is 42.5 Å². The van der Waals surface area contributed by atoms with E-state index in [1.165, 1.54) is 0 Å². The van der Waals surface area contributed by atoms with Crippen molar-refractivity contribution in [3.05, 3.63) is 0 Å². The van der Waals surface area contributed by atoms with Gasteiger partial charge >= 0.3 is 0 Å². The summed E-state index contributed by atoms with van der Waals surface area (Å²) in [6.07, 6.45) is 1.70. The number of hydrogen-bond acceptors (Lipinski definition) is 5. The van der Waals surface area contributed by atoms with Crippen LogP contribution in [0.3, 0.4) is 0 Å². The molecule has 0 aromatic carbocycles. The molecule has 0 heterocycles. The molecule has 0 radical (unpaired) electrons. The highest BCUT2D eigenvalue weighted by Crippen LogP contribution is 2.16. The molecule has 7 heteroatoms. The van der Waals surface area contributed by atoms with Crippen molar-refractivity contribution in [2.75, 3.05) is 24.6 Å². The van der Waals surface area contributed by atoms with E-state index in [-0.39, 0.29) is 17.6 Å². The summed E-state index contributed by atoms with van der Waals surface area (Å²) in [5.41, 5.74) is 4.76. The van der Waals surface area contributed by atoms with Gasteiger partial charge in [0.25, 0.3) is 0 Å². The molecule has 4 N–H and O–H groups in total. The number of amides is 2. The Labute approximate surface area is 126 Å². The lowest BCUT2D eigenvalue weighted by atomic mass is 9.95. The van der Waals surface area contributed by atoms with E-state index in [0.717, 1.165) is 12.8 Å². The molecule has 0 aromatic heterocycles. The number of rotatable bonds is 9. The fourth-order valence-electron chi connectivity index (χ4n) is 1.22. The number of nitrogens with two attached hydrogens (primary N) is 1. The molecule has 0 aromatic rings. The summed E-state index contributed by atoms with van der Waals surface area (Å²) in [5, 5.41) is 5.46. The van der Waals surface area contributed by atoms with E-state index in [9.17, 15) is 9.59 Å². The van der Waals surface area contributed by atoms with Gasteiger partial charge in [-0.05, 0) is 19.4 Å². The van der Waals surface area contributed by atoms with E-state index in [1.807, 2.05) is 0 Å². The third kappa shape index (κ3) is 7.08. The van der Waals surface area contributed by atoms with Gasteiger partial charge in [-0.1, -0.05) is 13.8 Å². The highest BCUT2D eigenvalue weighted by molar-refractivity contribution is 7.80. The van der Waals surface area contributed by atoms with E-state index < -0.39 is 11.5 Å². The monoisotopic (exact) mass is 307 g/mol. The van der Waals surface area contributed by atoms with E-state index >= 15 is 0 Å². The van der Waals surface area contributed by atoms with Crippen LogP contribution in [-0.2, 0) is 9.59 Å². The Morgan fingerprint density at radius 3 is 2.37 bits per heavy atom. The van der Waals surface area contributed by atoms with Crippen molar-refractivity contribution in [2.45, 2.75) is 32.7 Å². The number of carbonyl (C=O) groups is 2. The molecular weight excluding hydrogens is 282 g/mol. The summed E-state index contributed by atoms with van der Waals surface area (Å²) in [7, 11) is 0. The van der Waals surface area contributed by atoms with E-state index in [2.05, 4.69) is 35.9 Å². The van der Waals surface area contributed by atoms with Crippen LogP contribution in [0.4, 0.5) is 0 Å². The third-order valence-corrected chi connectivity index (χ3v) is 3.90. The van der Waals surface area contributed by atoms with Crippen LogP contribution in [0.25, 0.3) is 0 Å². The maximum Gasteiger partial charge on any atom is 0.243 e. The summed E-state index contributed by atoms with van der Waals surface area (Å²) in [5.74, 6) is 0.266. The summed E-state index contributed by atoms with van der Waals surface area (Å²) < 4.78 is 0. The van der Waals surface area contributed by atoms with Crippen LogP contribution in [0.5, 0.6) is 0 Å². The maximum atomic E-state index is 12.0. The molecule has 0 fully saturated rings. The molecule has 0 bridgehead atoms. The minimum atomic E-state index is -0.618. The van der Waals surface area contributed by atoms with Crippen LogP contribution in [0.1, 0.15) is 26.7 Å². The van der Waals surface area contributed by atoms with Gasteiger partial charge < -0.3 is 16.4 Å². The Kier molecular flexibility index (Phi) is 9.30. The molecule has 0 saturated heterocycles. The average molecular weight is 307 g/mol. The molecule has 2 amide bonds. The van der Waals surface area contributed by atoms with Crippen LogP contribution in [0.15, 0.2) is 0 Å². The van der Waals surface area contributed by atoms with Crippen molar-refractivity contribution < 1.29 is 9.59 Å². The van der Waals surface area contributed by atoms with Gasteiger partial charge in [0, 0.05) is 18.1 Å². The van der Waals surface area contributed by atoms with Crippen LogP contribution >= 0.6 is 25.3 Å². The van der Waals surface area contributed by atoms with Gasteiger partial charge in [0.05, 0.1) is 5.41 Å². The summed E-state index contributed by atoms with van der Waals surface area (Å²) >= 11 is 8.23. The summed E-state index contributed by atoms with van der Waals surface area (Å²) in [6.45, 7) is 4.74. The van der Waals surface area contributed by atoms with Gasteiger partial charge in [-0.15, -0.1) is 0 Å². The predicted octanol–water partition coefficient (Wildman–Crippen LogP) is 0.212. The Balaban J connectivity index is 4.26. The lowest BCUT2D eigenvalue weighted by Gasteiger charge is -2.24. The first-order valence-electron chi connectivity index (χ1n) is 6.39. The number of carbonyl (C=O) groups excluding carboxylic acids is 2. The van der Waals surface area contributed by atoms with Gasteiger partial charge in [0.15, 0.2) is 0 Å². The molecule has 5 nitrogen and oxygen atoms in total. The normalized spacial score (nSPS) is 12.9. The smallest absolute Gasteiger partial charge is 0.243 e. The number of thiol groups is 2. The van der Waals surface area contributed by atoms with Gasteiger partial charge in [-0.25, -0.2) is 0 Å². The molecule has 0 aliphatic heterocycles. The predicted molar refractivity (Wildman–Crippen MR) is 84.7 cm³/mol. The minimum Gasteiger partial charge on any atom is -0.354 e. The lowest BCUT2D eigenvalue weighted by Crippen LogP contribution is -2.52. The molecule has 1 atom stereocenters. The number of nitrogens with one attached hydrogen (secondary N) is 2. The largest absolute Gasteiger partial charge is 0.354 e. The van der Waals surface area contributed by atoms with Gasteiger partial charge in [0.2, 0.25) is 11.8 Å². The molecule has 0 aliphatic carbocycles. The average Bonchev–Trinajstić information content (AvgIpc) is 2.40. The van der Waals surface area contributed by atoms with Crippen LogP contribution in [0.2, 0.25) is 0 Å². The van der Waals surface area contributed by atoms with Crippen LogP contribution in [0, 0.1) is 5.41 Å². The zero-order valence-corrected chi connectivity index (χ0v) is 13.4. The standard InChI is InChI=1S/C12H25N3O2S2/c1-12(2,8-19)11(17)15-9(7-18)10(16)14-6-4-3-5-13/h9,18-19H,3-8,13H2,1-2H3,(H,14,16)(H,15,17). The lowest BCUT2D eigenvalue weighted by molar-refractivity contribution is -0.132. The third-order valence-electron chi connectivity index (χ3n) is 2.74. The van der Waals surface area contributed by atoms with Crippen molar-refractivity contribution in [1.29, 1.82) is 0 Å². The van der Waals surface area contributed by atoms with Crippen LogP contribution < -0.4 is 16.4 Å². The molecule has 1 unspecified atom stereocenters. The molecule has 0 spiro atoms. The second-order valence-corrected chi connectivity index (χ2v) is 5.72. The fourth-order valence-corrected chi connectivity index (χ4v) is 1.62. The van der Waals surface area contributed by atoms with Crippen molar-refractivity contribution in [3.8, 4) is 0 Å². The summed E-state index contributed by atoms with van der Waals surface area (Å²) in [6, 6.07) is -0.618. The zero-order chi connectivity index (χ0) is 14.9. The SMILES string of the molecule is CC(C)(CS)C(=O)NC(CS)C(=O)NCCCCN. The quantitative estimate of drug-likeness (QED) is 0.312. The molecule has 0 aliphatic rings. The minimum absolute atomic E-state index is 0.196. The van der Waals surface area contributed by atoms with E-state index in [1.54, 1.807) is 13.8 Å². The first kappa shape index (κ1) is 18.6. The highest BCUT2D eigenvalue weighted by Gasteiger charge is 2.29. The van der Waals surface area contributed by atoms with E-state index in [4.69, 9.17) is 5.73 Å². The number of unbranched alkanes of at least 4 members (excludes halogenated alkanes) is 1. The van der Waals surface area contributed by atoms with Crippen molar-refractivity contribution >= 4 is 37.1 Å². The van der Waals surface area contributed by atoms with Crippen molar-refractivity contribution in [1.82, 2.24) is 10.6 Å². The molecule has 19 heavy (non-hydrogen) atoms. The van der Waals surface area contributed by atoms with Crippen molar-refractivity contribution in [3.63, 3.8) is 0 Å². The Morgan fingerprint density at radius 2 is 1.89 bits per heavy atom. The topological polar surface area (TPSA) is 84.2 Å². The van der Waals surface area contributed by atoms with Gasteiger partial charge in [-0.2, -0.15) is 25.3 Å². The molecule has 0 rings (SSSR count). The maximum absolute atomic E-state index is 12.0. The van der Waals surface area contributed by atoms with E-state index in [0.29, 0.717) is 18.8 Å². The zero-order valence-electron chi connectivity index (χ0n) is 11.6. The Bertz CT molecular complexity index is 299. The molecule has 0 saturated carbocycles. The number of hydrogen-bond donors (Lipinski definition) is 5. The van der Waals surface area contributed by atoms with Gasteiger partial charge in [-0.3, -0.25) is 9.59 Å². The molecule has 112 valence electrons. The first-order chi connectivity index (χ1) is 8.88. The van der Waals surface area contributed by atoms with Gasteiger partial charge in [0.1, 0.15) is 6.04 Å². The first-order valence-corrected chi connectivity index (χ1v) is 7.66. The van der Waals surface area contributed by atoms with Crippen molar-refractivity contribution in [2.24, 2.45) is 11.1 Å². The second-order valence-electron chi connectivity index (χ2n) is 5.04. The second kappa shape index (κ2) is 9.50. The fraction of sp³-hybridized carbons (Fsp3) is 0.833.